The molecule has 36 heavy (non-hydrogen) atoms. The first-order valence-electron chi connectivity index (χ1n) is 10.6. The highest BCUT2D eigenvalue weighted by atomic mass is 32.2. The summed E-state index contributed by atoms with van der Waals surface area (Å²) < 4.78 is 83.5. The van der Waals surface area contributed by atoms with Crippen molar-refractivity contribution in [3.63, 3.8) is 0 Å². The molecular formula is C23H24F4N4O4S. The van der Waals surface area contributed by atoms with Gasteiger partial charge in [-0.25, -0.2) is 17.8 Å². The minimum atomic E-state index is -4.67. The Balaban J connectivity index is 2.16. The number of nitrogens with one attached hydrogen (secondary N) is 2. The van der Waals surface area contributed by atoms with Crippen molar-refractivity contribution in [1.29, 1.82) is 5.26 Å². The van der Waals surface area contributed by atoms with Gasteiger partial charge in [-0.1, -0.05) is 13.8 Å². The zero-order valence-electron chi connectivity index (χ0n) is 19.6. The number of amides is 1. The molecule has 13 heteroatoms. The van der Waals surface area contributed by atoms with Crippen LogP contribution in [0, 0.1) is 23.1 Å². The molecule has 0 aliphatic heterocycles. The predicted molar refractivity (Wildman–Crippen MR) is 125 cm³/mol. The maximum Gasteiger partial charge on any atom is 0.433 e. The molecule has 0 atom stereocenters. The molecule has 194 valence electrons. The number of rotatable bonds is 10. The molecule has 1 aromatic heterocycles. The van der Waals surface area contributed by atoms with E-state index in [9.17, 15) is 36.0 Å². The molecule has 0 fully saturated rings. The van der Waals surface area contributed by atoms with Gasteiger partial charge >= 0.3 is 6.18 Å². The number of nitriles is 1. The van der Waals surface area contributed by atoms with Gasteiger partial charge in [0.2, 0.25) is 21.8 Å². The number of nitrogens with zero attached hydrogens (tertiary/aromatic N) is 2. The van der Waals surface area contributed by atoms with E-state index in [0.29, 0.717) is 6.42 Å². The largest absolute Gasteiger partial charge is 0.477 e. The van der Waals surface area contributed by atoms with Gasteiger partial charge in [0.05, 0.1) is 18.4 Å². The van der Waals surface area contributed by atoms with Crippen LogP contribution in [0.4, 0.5) is 23.2 Å². The Kier molecular flexibility index (Phi) is 9.41. The number of halogens is 4. The molecule has 0 saturated heterocycles. The third-order valence-corrected chi connectivity index (χ3v) is 5.13. The number of benzene rings is 1. The molecule has 0 radical (unpaired) electrons. The second-order valence-corrected chi connectivity index (χ2v) is 9.91. The summed E-state index contributed by atoms with van der Waals surface area (Å²) in [6.07, 6.45) is -1.00. The van der Waals surface area contributed by atoms with Crippen LogP contribution in [-0.2, 0) is 27.5 Å². The fourth-order valence-corrected chi connectivity index (χ4v) is 3.38. The molecule has 0 aliphatic carbocycles. The third kappa shape index (κ3) is 8.84. The first-order chi connectivity index (χ1) is 16.7. The second-order valence-electron chi connectivity index (χ2n) is 8.16. The van der Waals surface area contributed by atoms with Crippen molar-refractivity contribution in [3.8, 4) is 11.9 Å². The molecule has 1 heterocycles. The van der Waals surface area contributed by atoms with Gasteiger partial charge in [0, 0.05) is 18.2 Å². The van der Waals surface area contributed by atoms with Crippen LogP contribution in [0.15, 0.2) is 30.3 Å². The highest BCUT2D eigenvalue weighted by Crippen LogP contribution is 2.31. The molecule has 2 N–H and O–H groups in total. The first-order valence-corrected chi connectivity index (χ1v) is 12.5. The predicted octanol–water partition coefficient (Wildman–Crippen LogP) is 4.24. The van der Waals surface area contributed by atoms with E-state index in [1.807, 2.05) is 18.6 Å². The number of carbonyl (C=O) groups is 1. The zero-order chi connectivity index (χ0) is 27.1. The number of hydrogen-bond donors (Lipinski definition) is 2. The van der Waals surface area contributed by atoms with Gasteiger partial charge in [-0.15, -0.1) is 0 Å². The lowest BCUT2D eigenvalue weighted by Gasteiger charge is -2.13. The number of pyridine rings is 1. The van der Waals surface area contributed by atoms with Crippen LogP contribution < -0.4 is 14.8 Å². The summed E-state index contributed by atoms with van der Waals surface area (Å²) in [4.78, 5) is 15.8. The Hall–Kier alpha value is -3.66. The quantitative estimate of drug-likeness (QED) is 0.352. The Morgan fingerprint density at radius 1 is 1.28 bits per heavy atom. The topological polar surface area (TPSA) is 121 Å². The van der Waals surface area contributed by atoms with Crippen molar-refractivity contribution in [2.45, 2.75) is 33.0 Å². The minimum absolute atomic E-state index is 0.135. The summed E-state index contributed by atoms with van der Waals surface area (Å²) in [5, 5.41) is 11.6. The number of ether oxygens (including phenoxy) is 1. The summed E-state index contributed by atoms with van der Waals surface area (Å²) in [5.74, 6) is -1.69. The summed E-state index contributed by atoms with van der Waals surface area (Å²) >= 11 is 0. The van der Waals surface area contributed by atoms with Crippen LogP contribution in [0.3, 0.4) is 0 Å². The van der Waals surface area contributed by atoms with Gasteiger partial charge in [-0.2, -0.15) is 18.4 Å². The Morgan fingerprint density at radius 3 is 2.56 bits per heavy atom. The van der Waals surface area contributed by atoms with E-state index in [2.05, 4.69) is 10.3 Å². The normalized spacial score (nSPS) is 12.0. The van der Waals surface area contributed by atoms with Crippen LogP contribution in [0.2, 0.25) is 0 Å². The number of carbonyl (C=O) groups excluding carboxylic acids is 1. The average Bonchev–Trinajstić information content (AvgIpc) is 2.76. The lowest BCUT2D eigenvalue weighted by molar-refractivity contribution is -0.141. The van der Waals surface area contributed by atoms with Crippen LogP contribution in [0.1, 0.15) is 42.7 Å². The van der Waals surface area contributed by atoms with Crippen LogP contribution in [0.5, 0.6) is 5.88 Å². The summed E-state index contributed by atoms with van der Waals surface area (Å²) in [6.45, 7) is 3.78. The number of anilines is 1. The molecule has 0 unspecified atom stereocenters. The molecule has 1 aromatic carbocycles. The highest BCUT2D eigenvalue weighted by molar-refractivity contribution is 7.92. The van der Waals surface area contributed by atoms with E-state index < -0.39 is 39.3 Å². The number of hydrogen-bond acceptors (Lipinski definition) is 6. The molecule has 1 amide bonds. The van der Waals surface area contributed by atoms with E-state index in [1.165, 1.54) is 12.1 Å². The fourth-order valence-electron chi connectivity index (χ4n) is 2.80. The van der Waals surface area contributed by atoms with E-state index in [4.69, 9.17) is 4.74 Å². The second kappa shape index (κ2) is 11.9. The van der Waals surface area contributed by atoms with Gasteiger partial charge in [-0.05, 0) is 48.2 Å². The lowest BCUT2D eigenvalue weighted by Crippen LogP contribution is -2.21. The van der Waals surface area contributed by atoms with Crippen molar-refractivity contribution < 1.29 is 35.5 Å². The maximum atomic E-state index is 14.3. The molecule has 2 aromatic rings. The zero-order valence-corrected chi connectivity index (χ0v) is 20.4. The van der Waals surface area contributed by atoms with Crippen molar-refractivity contribution in [3.05, 3.63) is 58.5 Å². The number of aromatic nitrogens is 1. The third-order valence-electron chi connectivity index (χ3n) is 4.55. The summed E-state index contributed by atoms with van der Waals surface area (Å²) in [7, 11) is -3.83. The number of sulfonamides is 1. The maximum absolute atomic E-state index is 14.3. The monoisotopic (exact) mass is 528 g/mol. The van der Waals surface area contributed by atoms with Gasteiger partial charge in [0.15, 0.2) is 0 Å². The Morgan fingerprint density at radius 2 is 1.97 bits per heavy atom. The molecule has 0 saturated carbocycles. The fraction of sp³-hybridized carbons (Fsp3) is 0.348. The first kappa shape index (κ1) is 28.6. The Bertz CT molecular complexity index is 1290. The highest BCUT2D eigenvalue weighted by Gasteiger charge is 2.33. The standard InChI is InChI=1S/C23H24F4N4O4S/c1-14(2)8-9-35-22-16(4-6-19(30-22)23(25,26)27)5-7-20(32)29-13-15-10-17(12-28)21(18(24)11-15)31-36(3,33)34/h4-7,10-11,14,31H,8-9,13H2,1-3H3,(H,29,32). The van der Waals surface area contributed by atoms with Gasteiger partial charge in [0.1, 0.15) is 23.3 Å². The Labute approximate surface area is 206 Å². The number of alkyl halides is 3. The molecule has 0 aliphatic rings. The van der Waals surface area contributed by atoms with Gasteiger partial charge in [0.25, 0.3) is 0 Å². The van der Waals surface area contributed by atoms with Crippen molar-refractivity contribution >= 4 is 27.7 Å². The minimum Gasteiger partial charge on any atom is -0.477 e. The van der Waals surface area contributed by atoms with Crippen LogP contribution in [0.25, 0.3) is 6.08 Å². The van der Waals surface area contributed by atoms with Crippen LogP contribution >= 0.6 is 0 Å². The lowest BCUT2D eigenvalue weighted by atomic mass is 10.1. The SMILES string of the molecule is CC(C)CCOc1nc(C(F)(F)F)ccc1C=CC(=O)NCc1cc(F)c(NS(C)(=O)=O)c(C#N)c1. The van der Waals surface area contributed by atoms with Crippen molar-refractivity contribution in [2.24, 2.45) is 5.92 Å². The molecule has 0 bridgehead atoms. The van der Waals surface area contributed by atoms with E-state index in [1.54, 1.807) is 6.07 Å². The molecule has 2 rings (SSSR count). The van der Waals surface area contributed by atoms with Gasteiger partial charge in [-0.3, -0.25) is 9.52 Å². The summed E-state index contributed by atoms with van der Waals surface area (Å²) in [5.41, 5.74) is -1.59. The van der Waals surface area contributed by atoms with E-state index >= 15 is 0 Å². The molecule has 8 nitrogen and oxygen atoms in total. The van der Waals surface area contributed by atoms with Crippen molar-refractivity contribution in [2.75, 3.05) is 17.6 Å². The average molecular weight is 529 g/mol. The smallest absolute Gasteiger partial charge is 0.433 e. The van der Waals surface area contributed by atoms with Crippen molar-refractivity contribution in [1.82, 2.24) is 10.3 Å². The van der Waals surface area contributed by atoms with Crippen LogP contribution in [-0.4, -0.2) is 32.2 Å². The molecular weight excluding hydrogens is 504 g/mol. The summed E-state index contributed by atoms with van der Waals surface area (Å²) in [6, 6.07) is 5.75. The van der Waals surface area contributed by atoms with E-state index in [-0.39, 0.29) is 41.6 Å². The molecule has 0 spiro atoms. The van der Waals surface area contributed by atoms with E-state index in [0.717, 1.165) is 30.5 Å². The van der Waals surface area contributed by atoms with Gasteiger partial charge < -0.3 is 10.1 Å².